The third kappa shape index (κ3) is 2.31. The van der Waals surface area contributed by atoms with Crippen molar-refractivity contribution in [2.24, 2.45) is 7.05 Å². The van der Waals surface area contributed by atoms with Crippen molar-refractivity contribution in [3.05, 3.63) is 5.69 Å². The number of hydrogen-bond donors (Lipinski definition) is 0. The van der Waals surface area contributed by atoms with E-state index in [1.807, 2.05) is 6.92 Å². The van der Waals surface area contributed by atoms with Crippen LogP contribution in [0.5, 0.6) is 0 Å². The largest absolute Gasteiger partial charge is 0.469 e. The maximum Gasteiger partial charge on any atom is 0.311 e. The fourth-order valence-corrected chi connectivity index (χ4v) is 2.55. The maximum absolute atomic E-state index is 11.4. The van der Waals surface area contributed by atoms with Gasteiger partial charge in [-0.2, -0.15) is 14.6 Å². The first kappa shape index (κ1) is 13.7. The highest BCUT2D eigenvalue weighted by atomic mass is 32.2. The first-order valence-electron chi connectivity index (χ1n) is 6.28. The predicted octanol–water partition coefficient (Wildman–Crippen LogP) is 0.233. The van der Waals surface area contributed by atoms with Crippen LogP contribution in [0.1, 0.15) is 12.6 Å². The van der Waals surface area contributed by atoms with E-state index in [0.29, 0.717) is 27.8 Å². The Balaban J connectivity index is 2.18. The number of fused-ring (bicyclic) bond motifs is 3. The van der Waals surface area contributed by atoms with E-state index in [1.165, 1.54) is 18.9 Å². The average Bonchev–Trinajstić information content (AvgIpc) is 3.00. The molecule has 0 atom stereocenters. The Kier molecular flexibility index (Phi) is 3.45. The molecule has 0 aromatic carbocycles. The van der Waals surface area contributed by atoms with Crippen molar-refractivity contribution in [1.29, 1.82) is 0 Å². The van der Waals surface area contributed by atoms with Gasteiger partial charge in [-0.1, -0.05) is 18.7 Å². The number of esters is 1. The zero-order chi connectivity index (χ0) is 15.0. The van der Waals surface area contributed by atoms with Crippen molar-refractivity contribution in [2.75, 3.05) is 12.9 Å². The monoisotopic (exact) mass is 307 g/mol. The number of hydrogen-bond acceptors (Lipinski definition) is 8. The quantitative estimate of drug-likeness (QED) is 0.499. The summed E-state index contributed by atoms with van der Waals surface area (Å²) in [6.45, 7) is 2.02. The summed E-state index contributed by atoms with van der Waals surface area (Å²) in [6.07, 6.45) is 0.0410. The second-order valence-electron chi connectivity index (χ2n) is 4.23. The van der Waals surface area contributed by atoms with Crippen LogP contribution in [-0.4, -0.2) is 53.4 Å². The molecule has 0 aliphatic heterocycles. The molecule has 0 spiro atoms. The Morgan fingerprint density at radius 2 is 2.14 bits per heavy atom. The van der Waals surface area contributed by atoms with E-state index in [2.05, 4.69) is 30.1 Å². The summed E-state index contributed by atoms with van der Waals surface area (Å²) in [5, 5.41) is 17.5. The number of nitrogens with zero attached hydrogens (tertiary/aromatic N) is 7. The first-order valence-corrected chi connectivity index (χ1v) is 7.27. The topological polar surface area (TPSA) is 100 Å². The van der Waals surface area contributed by atoms with E-state index >= 15 is 0 Å². The first-order chi connectivity index (χ1) is 10.1. The van der Waals surface area contributed by atoms with Gasteiger partial charge in [0.25, 0.3) is 5.78 Å². The lowest BCUT2D eigenvalue weighted by molar-refractivity contribution is -0.139. The van der Waals surface area contributed by atoms with Gasteiger partial charge in [0.1, 0.15) is 5.69 Å². The molecule has 0 bridgehead atoms. The molecule has 9 nitrogen and oxygen atoms in total. The second kappa shape index (κ2) is 5.28. The maximum atomic E-state index is 11.4. The van der Waals surface area contributed by atoms with E-state index in [1.54, 1.807) is 16.2 Å². The van der Waals surface area contributed by atoms with Crippen LogP contribution >= 0.6 is 11.8 Å². The van der Waals surface area contributed by atoms with Crippen LogP contribution in [0.25, 0.3) is 16.9 Å². The zero-order valence-corrected chi connectivity index (χ0v) is 12.6. The normalized spacial score (nSPS) is 11.4. The van der Waals surface area contributed by atoms with Gasteiger partial charge in [-0.25, -0.2) is 4.68 Å². The van der Waals surface area contributed by atoms with Gasteiger partial charge in [0, 0.05) is 7.05 Å². The highest BCUT2D eigenvalue weighted by molar-refractivity contribution is 7.99. The molecule has 0 radical (unpaired) electrons. The molecule has 0 saturated heterocycles. The van der Waals surface area contributed by atoms with Crippen LogP contribution in [0.3, 0.4) is 0 Å². The number of rotatable bonds is 4. The van der Waals surface area contributed by atoms with Crippen LogP contribution in [0, 0.1) is 0 Å². The fraction of sp³-hybridized carbons (Fsp3) is 0.455. The van der Waals surface area contributed by atoms with Crippen molar-refractivity contribution >= 4 is 34.7 Å². The highest BCUT2D eigenvalue weighted by Gasteiger charge is 2.19. The van der Waals surface area contributed by atoms with E-state index in [9.17, 15) is 4.79 Å². The minimum atomic E-state index is -0.377. The molecule has 0 unspecified atom stereocenters. The number of carbonyl (C=O) groups excluding carboxylic acids is 1. The van der Waals surface area contributed by atoms with Gasteiger partial charge in [0.05, 0.1) is 13.5 Å². The fourth-order valence-electron chi connectivity index (χ4n) is 2.00. The van der Waals surface area contributed by atoms with Crippen molar-refractivity contribution < 1.29 is 9.53 Å². The Labute approximate surface area is 123 Å². The molecule has 21 heavy (non-hydrogen) atoms. The molecular formula is C11H13N7O2S. The van der Waals surface area contributed by atoms with Gasteiger partial charge < -0.3 is 4.74 Å². The third-order valence-electron chi connectivity index (χ3n) is 2.89. The number of ether oxygens (including phenoxy) is 1. The Morgan fingerprint density at radius 1 is 1.33 bits per heavy atom. The van der Waals surface area contributed by atoms with Crippen LogP contribution in [-0.2, 0) is 23.0 Å². The molecule has 0 aliphatic carbocycles. The molecule has 0 saturated carbocycles. The summed E-state index contributed by atoms with van der Waals surface area (Å²) in [4.78, 5) is 15.7. The number of thioether (sulfide) groups is 1. The molecule has 3 aromatic heterocycles. The van der Waals surface area contributed by atoms with Crippen LogP contribution in [0.4, 0.5) is 0 Å². The minimum Gasteiger partial charge on any atom is -0.469 e. The summed E-state index contributed by atoms with van der Waals surface area (Å²) in [7, 11) is 3.10. The molecule has 3 aromatic rings. The summed E-state index contributed by atoms with van der Waals surface area (Å²) in [6, 6.07) is 0. The number of carbonyl (C=O) groups is 1. The van der Waals surface area contributed by atoms with Crippen LogP contribution in [0.2, 0.25) is 0 Å². The van der Waals surface area contributed by atoms with Crippen LogP contribution < -0.4 is 0 Å². The molecule has 10 heteroatoms. The molecule has 110 valence electrons. The molecule has 0 aliphatic rings. The van der Waals surface area contributed by atoms with Crippen molar-refractivity contribution in [1.82, 2.24) is 34.6 Å². The number of methoxy groups -OCH3 is 1. The third-order valence-corrected chi connectivity index (χ3v) is 3.61. The van der Waals surface area contributed by atoms with Gasteiger partial charge in [0.15, 0.2) is 11.2 Å². The molecular weight excluding hydrogens is 294 g/mol. The SMILES string of the molecule is CCSc1nc2nnc3c(CC(=O)OC)nn(C)c3n2n1. The summed E-state index contributed by atoms with van der Waals surface area (Å²) < 4.78 is 7.87. The van der Waals surface area contributed by atoms with E-state index in [0.717, 1.165) is 5.75 Å². The molecule has 0 fully saturated rings. The van der Waals surface area contributed by atoms with Crippen molar-refractivity contribution in [3.8, 4) is 0 Å². The Morgan fingerprint density at radius 3 is 2.86 bits per heavy atom. The van der Waals surface area contributed by atoms with Gasteiger partial charge in [-0.05, 0) is 5.75 Å². The summed E-state index contributed by atoms with van der Waals surface area (Å²) in [5.41, 5.74) is 1.68. The smallest absolute Gasteiger partial charge is 0.311 e. The van der Waals surface area contributed by atoms with Gasteiger partial charge in [-0.3, -0.25) is 4.79 Å². The lowest BCUT2D eigenvalue weighted by atomic mass is 10.3. The van der Waals surface area contributed by atoms with Crippen LogP contribution in [0.15, 0.2) is 5.16 Å². The van der Waals surface area contributed by atoms with Crippen molar-refractivity contribution in [3.63, 3.8) is 0 Å². The second-order valence-corrected chi connectivity index (χ2v) is 5.47. The Bertz CT molecular complexity index is 825. The predicted molar refractivity (Wildman–Crippen MR) is 75.0 cm³/mol. The lowest BCUT2D eigenvalue weighted by Crippen LogP contribution is -2.06. The summed E-state index contributed by atoms with van der Waals surface area (Å²) >= 11 is 1.52. The van der Waals surface area contributed by atoms with E-state index < -0.39 is 0 Å². The minimum absolute atomic E-state index is 0.0410. The number of aromatic nitrogens is 7. The average molecular weight is 307 g/mol. The van der Waals surface area contributed by atoms with Crippen molar-refractivity contribution in [2.45, 2.75) is 18.5 Å². The number of aryl methyl sites for hydroxylation is 1. The molecule has 3 heterocycles. The summed E-state index contributed by atoms with van der Waals surface area (Å²) in [5.74, 6) is 0.899. The van der Waals surface area contributed by atoms with Gasteiger partial charge in [0.2, 0.25) is 5.16 Å². The zero-order valence-electron chi connectivity index (χ0n) is 11.8. The standard InChI is InChI=1S/C11H13N7O2S/c1-4-21-11-12-10-14-13-8-6(5-7(19)20-3)15-17(2)9(8)18(10)16-11/h4-5H2,1-3H3. The molecule has 0 amide bonds. The lowest BCUT2D eigenvalue weighted by Gasteiger charge is -1.95. The van der Waals surface area contributed by atoms with E-state index in [4.69, 9.17) is 0 Å². The van der Waals surface area contributed by atoms with Gasteiger partial charge >= 0.3 is 5.97 Å². The molecule has 0 N–H and O–H groups in total. The highest BCUT2D eigenvalue weighted by Crippen LogP contribution is 2.19. The Hall–Kier alpha value is -2.23. The van der Waals surface area contributed by atoms with E-state index in [-0.39, 0.29) is 12.4 Å². The molecule has 3 rings (SSSR count). The van der Waals surface area contributed by atoms with Gasteiger partial charge in [-0.15, -0.1) is 15.3 Å².